The molecule has 0 spiro atoms. The van der Waals surface area contributed by atoms with Gasteiger partial charge in [-0.1, -0.05) is 34.4 Å². The minimum Gasteiger partial charge on any atom is -0.469 e. The summed E-state index contributed by atoms with van der Waals surface area (Å²) in [7, 11) is 1.47. The van der Waals surface area contributed by atoms with E-state index < -0.39 is 5.41 Å². The van der Waals surface area contributed by atoms with Crippen LogP contribution in [0.4, 0.5) is 0 Å². The van der Waals surface area contributed by atoms with Gasteiger partial charge in [-0.3, -0.25) is 4.79 Å². The molecule has 2 bridgehead atoms. The lowest BCUT2D eigenvalue weighted by atomic mass is 9.59. The number of methoxy groups -OCH3 is 1. The van der Waals surface area contributed by atoms with Crippen molar-refractivity contribution in [1.29, 1.82) is 0 Å². The first kappa shape index (κ1) is 20.3. The predicted molar refractivity (Wildman–Crippen MR) is 114 cm³/mol. The van der Waals surface area contributed by atoms with Crippen molar-refractivity contribution in [3.8, 4) is 11.3 Å². The number of benzene rings is 1. The summed E-state index contributed by atoms with van der Waals surface area (Å²) >= 11 is 12.9. The Morgan fingerprint density at radius 3 is 2.53 bits per heavy atom. The molecule has 0 saturated heterocycles. The monoisotopic (exact) mass is 449 g/mol. The number of hydrogen-bond acceptors (Lipinski definition) is 5. The smallest absolute Gasteiger partial charge is 0.314 e. The molecule has 1 heterocycles. The topological polar surface area (TPSA) is 61.6 Å². The van der Waals surface area contributed by atoms with Gasteiger partial charge in [0.05, 0.1) is 35.3 Å². The Morgan fingerprint density at radius 2 is 1.90 bits per heavy atom. The summed E-state index contributed by atoms with van der Waals surface area (Å²) in [5.41, 5.74) is 1.67. The fourth-order valence-electron chi connectivity index (χ4n) is 5.28. The molecule has 5 nitrogen and oxygen atoms in total. The SMILES string of the molecule is COC(=O)C12CCC(CC1)CC2OCc1c(-c2c(Cl)cccc2Cl)noc1C1CC1. The number of halogens is 2. The van der Waals surface area contributed by atoms with Crippen LogP contribution in [0.1, 0.15) is 62.2 Å². The first-order valence-corrected chi connectivity index (χ1v) is 11.4. The second kappa shape index (κ2) is 7.85. The minimum atomic E-state index is -0.539. The van der Waals surface area contributed by atoms with Gasteiger partial charge in [0.25, 0.3) is 0 Å². The first-order chi connectivity index (χ1) is 14.5. The van der Waals surface area contributed by atoms with Crippen LogP contribution in [0.15, 0.2) is 22.7 Å². The molecule has 1 aromatic carbocycles. The molecule has 1 unspecified atom stereocenters. The normalized spacial score (nSPS) is 28.0. The van der Waals surface area contributed by atoms with Crippen molar-refractivity contribution in [2.24, 2.45) is 11.3 Å². The highest BCUT2D eigenvalue weighted by Crippen LogP contribution is 2.53. The fourth-order valence-corrected chi connectivity index (χ4v) is 5.85. The zero-order valence-electron chi connectivity index (χ0n) is 17.0. The second-order valence-electron chi connectivity index (χ2n) is 8.87. The number of rotatable bonds is 6. The van der Waals surface area contributed by atoms with Crippen molar-refractivity contribution in [3.05, 3.63) is 39.6 Å². The van der Waals surface area contributed by atoms with Crippen molar-refractivity contribution < 1.29 is 18.8 Å². The Kier molecular flexibility index (Phi) is 5.32. The minimum absolute atomic E-state index is 0.146. The van der Waals surface area contributed by atoms with E-state index in [0.29, 0.717) is 39.7 Å². The van der Waals surface area contributed by atoms with Crippen LogP contribution < -0.4 is 0 Å². The van der Waals surface area contributed by atoms with Crippen LogP contribution in [0.3, 0.4) is 0 Å². The number of fused-ring (bicyclic) bond motifs is 3. The number of hydrogen-bond donors (Lipinski definition) is 0. The van der Waals surface area contributed by atoms with E-state index in [-0.39, 0.29) is 12.1 Å². The zero-order valence-corrected chi connectivity index (χ0v) is 18.5. The van der Waals surface area contributed by atoms with E-state index in [0.717, 1.165) is 56.3 Å². The molecule has 4 aliphatic rings. The lowest BCUT2D eigenvalue weighted by Crippen LogP contribution is -2.52. The molecule has 4 saturated carbocycles. The maximum absolute atomic E-state index is 12.7. The number of nitrogens with zero attached hydrogens (tertiary/aromatic N) is 1. The maximum Gasteiger partial charge on any atom is 0.314 e. The molecule has 160 valence electrons. The summed E-state index contributed by atoms with van der Waals surface area (Å²) in [5, 5.41) is 5.39. The van der Waals surface area contributed by atoms with Gasteiger partial charge in [0.2, 0.25) is 0 Å². The summed E-state index contributed by atoms with van der Waals surface area (Å²) in [6.45, 7) is 0.322. The van der Waals surface area contributed by atoms with E-state index in [4.69, 9.17) is 37.2 Å². The second-order valence-corrected chi connectivity index (χ2v) is 9.69. The third-order valence-electron chi connectivity index (χ3n) is 7.15. The van der Waals surface area contributed by atoms with Crippen molar-refractivity contribution in [3.63, 3.8) is 0 Å². The van der Waals surface area contributed by atoms with Gasteiger partial charge in [0.1, 0.15) is 11.5 Å². The molecule has 0 aliphatic heterocycles. The van der Waals surface area contributed by atoms with Crippen LogP contribution in [0.25, 0.3) is 11.3 Å². The standard InChI is InChI=1S/C23H25Cl2NO4/c1-28-22(27)23-9-7-13(8-10-23)11-18(23)29-12-15-20(26-30-21(15)14-5-6-14)19-16(24)3-2-4-17(19)25/h2-4,13-14,18H,5-12H2,1H3. The predicted octanol–water partition coefficient (Wildman–Crippen LogP) is 6.16. The van der Waals surface area contributed by atoms with Crippen LogP contribution in [0.2, 0.25) is 10.0 Å². The molecule has 1 aromatic heterocycles. The molecule has 0 N–H and O–H groups in total. The molecular weight excluding hydrogens is 425 g/mol. The number of aromatic nitrogens is 1. The van der Waals surface area contributed by atoms with Crippen LogP contribution in [0.5, 0.6) is 0 Å². The molecule has 4 fully saturated rings. The van der Waals surface area contributed by atoms with Crippen LogP contribution in [-0.2, 0) is 20.9 Å². The number of carbonyl (C=O) groups is 1. The summed E-state index contributed by atoms with van der Waals surface area (Å²) in [4.78, 5) is 12.7. The van der Waals surface area contributed by atoms with E-state index in [2.05, 4.69) is 5.16 Å². The van der Waals surface area contributed by atoms with E-state index in [1.165, 1.54) is 7.11 Å². The van der Waals surface area contributed by atoms with E-state index in [1.54, 1.807) is 12.1 Å². The zero-order chi connectivity index (χ0) is 20.9. The summed E-state index contributed by atoms with van der Waals surface area (Å²) in [6.07, 6.45) is 6.68. The molecule has 6 rings (SSSR count). The van der Waals surface area contributed by atoms with E-state index >= 15 is 0 Å². The molecule has 0 radical (unpaired) electrons. The molecule has 4 aliphatic carbocycles. The molecule has 2 aromatic rings. The summed E-state index contributed by atoms with van der Waals surface area (Å²) < 4.78 is 17.4. The van der Waals surface area contributed by atoms with Gasteiger partial charge in [-0.05, 0) is 63.0 Å². The Balaban J connectivity index is 1.46. The van der Waals surface area contributed by atoms with Crippen molar-refractivity contribution in [2.45, 2.75) is 63.6 Å². The van der Waals surface area contributed by atoms with Gasteiger partial charge in [-0.15, -0.1) is 0 Å². The fraction of sp³-hybridized carbons (Fsp3) is 0.565. The van der Waals surface area contributed by atoms with Gasteiger partial charge < -0.3 is 14.0 Å². The van der Waals surface area contributed by atoms with Gasteiger partial charge in [-0.2, -0.15) is 0 Å². The van der Waals surface area contributed by atoms with E-state index in [1.807, 2.05) is 6.07 Å². The lowest BCUT2D eigenvalue weighted by Gasteiger charge is -2.49. The molecular formula is C23H25Cl2NO4. The maximum atomic E-state index is 12.7. The number of ether oxygens (including phenoxy) is 2. The number of carbonyl (C=O) groups excluding carboxylic acids is 1. The summed E-state index contributed by atoms with van der Waals surface area (Å²) in [6, 6.07) is 5.40. The van der Waals surface area contributed by atoms with Crippen LogP contribution in [0, 0.1) is 11.3 Å². The average Bonchev–Trinajstić information content (AvgIpc) is 3.53. The highest BCUT2D eigenvalue weighted by atomic mass is 35.5. The molecule has 1 atom stereocenters. The third kappa shape index (κ3) is 3.35. The van der Waals surface area contributed by atoms with Crippen molar-refractivity contribution in [2.75, 3.05) is 7.11 Å². The third-order valence-corrected chi connectivity index (χ3v) is 7.78. The van der Waals surface area contributed by atoms with Gasteiger partial charge in [0, 0.05) is 17.0 Å². The van der Waals surface area contributed by atoms with E-state index in [9.17, 15) is 4.79 Å². The van der Waals surface area contributed by atoms with Gasteiger partial charge in [0.15, 0.2) is 0 Å². The van der Waals surface area contributed by atoms with Crippen molar-refractivity contribution >= 4 is 29.2 Å². The van der Waals surface area contributed by atoms with Gasteiger partial charge in [-0.25, -0.2) is 0 Å². The molecule has 0 amide bonds. The molecule has 30 heavy (non-hydrogen) atoms. The highest BCUT2D eigenvalue weighted by molar-refractivity contribution is 6.39. The van der Waals surface area contributed by atoms with Gasteiger partial charge >= 0.3 is 5.97 Å². The Labute approximate surface area is 186 Å². The Morgan fingerprint density at radius 1 is 1.20 bits per heavy atom. The van der Waals surface area contributed by atoms with Crippen molar-refractivity contribution in [1.82, 2.24) is 5.16 Å². The number of esters is 1. The Bertz CT molecular complexity index is 940. The molecule has 7 heteroatoms. The van der Waals surface area contributed by atoms with Crippen LogP contribution >= 0.6 is 23.2 Å². The van der Waals surface area contributed by atoms with Crippen LogP contribution in [-0.4, -0.2) is 24.3 Å². The lowest BCUT2D eigenvalue weighted by molar-refractivity contribution is -0.181. The average molecular weight is 450 g/mol. The Hall–Kier alpha value is -1.56. The quantitative estimate of drug-likeness (QED) is 0.493. The largest absolute Gasteiger partial charge is 0.469 e. The summed E-state index contributed by atoms with van der Waals surface area (Å²) in [5.74, 6) is 1.69. The highest BCUT2D eigenvalue weighted by Gasteiger charge is 2.54. The first-order valence-electron chi connectivity index (χ1n) is 10.7.